The molecule has 6 nitrogen and oxygen atoms in total. The fourth-order valence-corrected chi connectivity index (χ4v) is 4.64. The van der Waals surface area contributed by atoms with Crippen LogP contribution in [0.5, 0.6) is 0 Å². The number of fused-ring (bicyclic) bond motifs is 2. The van der Waals surface area contributed by atoms with Crippen molar-refractivity contribution >= 4 is 5.91 Å². The summed E-state index contributed by atoms with van der Waals surface area (Å²) in [6, 6.07) is 0. The molecule has 0 saturated heterocycles. The molecule has 1 heterocycles. The van der Waals surface area contributed by atoms with Crippen LogP contribution in [0.15, 0.2) is 18.5 Å². The van der Waals surface area contributed by atoms with Gasteiger partial charge in [0.1, 0.15) is 6.33 Å². The van der Waals surface area contributed by atoms with Gasteiger partial charge in [0.2, 0.25) is 5.91 Å². The molecule has 1 aromatic rings. The van der Waals surface area contributed by atoms with Crippen molar-refractivity contribution in [2.75, 3.05) is 6.54 Å². The van der Waals surface area contributed by atoms with Gasteiger partial charge < -0.3 is 5.32 Å². The van der Waals surface area contributed by atoms with Gasteiger partial charge in [0.25, 0.3) is 0 Å². The Hall–Kier alpha value is -1.72. The maximum absolute atomic E-state index is 12.4. The van der Waals surface area contributed by atoms with Crippen LogP contribution in [0.3, 0.4) is 0 Å². The Morgan fingerprint density at radius 3 is 2.70 bits per heavy atom. The van der Waals surface area contributed by atoms with E-state index < -0.39 is 0 Å². The number of nitrogens with one attached hydrogen (secondary N) is 1. The number of nitrogens with zero attached hydrogens (tertiary/aromatic N) is 4. The Kier molecular flexibility index (Phi) is 4.14. The fourth-order valence-electron chi connectivity index (χ4n) is 4.64. The van der Waals surface area contributed by atoms with E-state index in [0.717, 1.165) is 44.7 Å². The van der Waals surface area contributed by atoms with E-state index in [1.165, 1.54) is 12.8 Å². The van der Waals surface area contributed by atoms with E-state index in [-0.39, 0.29) is 11.8 Å². The quantitative estimate of drug-likeness (QED) is 0.841. The first-order chi connectivity index (χ1) is 11.3. The van der Waals surface area contributed by atoms with Crippen molar-refractivity contribution < 1.29 is 4.79 Å². The standard InChI is InChI=1S/C17H25N5O/c23-17(18-9-16-8-13-3-6-15(16)7-13)14-4-1-12(2-5-14)10-22-11-19-20-21-22/h3,6,11-16H,1-2,4-5,7-10H2,(H,18,23)/t12?,13-,14?,15+,16+/m1/s1. The SMILES string of the molecule is O=C(NC[C@@H]1C[C@@H]2C=C[C@H]1C2)C1CCC(Cn2cnnn2)CC1. The summed E-state index contributed by atoms with van der Waals surface area (Å²) in [4.78, 5) is 12.4. The molecule has 2 saturated carbocycles. The van der Waals surface area contributed by atoms with Crippen molar-refractivity contribution in [3.05, 3.63) is 18.5 Å². The lowest BCUT2D eigenvalue weighted by Crippen LogP contribution is -2.37. The Labute approximate surface area is 136 Å². The third kappa shape index (κ3) is 3.31. The van der Waals surface area contributed by atoms with E-state index >= 15 is 0 Å². The van der Waals surface area contributed by atoms with Crippen LogP contribution >= 0.6 is 0 Å². The number of tetrazole rings is 1. The molecule has 0 unspecified atom stereocenters. The zero-order valence-corrected chi connectivity index (χ0v) is 13.5. The minimum absolute atomic E-state index is 0.203. The normalized spacial score (nSPS) is 35.6. The number of carbonyl (C=O) groups excluding carboxylic acids is 1. The highest BCUT2D eigenvalue weighted by molar-refractivity contribution is 5.78. The van der Waals surface area contributed by atoms with Gasteiger partial charge in [0.05, 0.1) is 0 Å². The van der Waals surface area contributed by atoms with Crippen LogP contribution in [0, 0.1) is 29.6 Å². The number of rotatable bonds is 5. The highest BCUT2D eigenvalue weighted by Crippen LogP contribution is 2.43. The zero-order valence-electron chi connectivity index (χ0n) is 13.5. The second-order valence-corrected chi connectivity index (χ2v) is 7.53. The van der Waals surface area contributed by atoms with Crippen LogP contribution in [0.4, 0.5) is 0 Å². The smallest absolute Gasteiger partial charge is 0.223 e. The number of amides is 1. The number of hydrogen-bond acceptors (Lipinski definition) is 4. The van der Waals surface area contributed by atoms with Gasteiger partial charge in [-0.05, 0) is 72.6 Å². The van der Waals surface area contributed by atoms with Crippen molar-refractivity contribution in [1.29, 1.82) is 0 Å². The average Bonchev–Trinajstić information content (AvgIpc) is 3.31. The lowest BCUT2D eigenvalue weighted by Gasteiger charge is -2.28. The number of aromatic nitrogens is 4. The van der Waals surface area contributed by atoms with Gasteiger partial charge in [-0.1, -0.05) is 12.2 Å². The lowest BCUT2D eigenvalue weighted by molar-refractivity contribution is -0.126. The molecule has 0 radical (unpaired) electrons. The third-order valence-electron chi connectivity index (χ3n) is 6.01. The Balaban J connectivity index is 1.19. The van der Waals surface area contributed by atoms with E-state index in [1.54, 1.807) is 11.0 Å². The van der Waals surface area contributed by atoms with Crippen molar-refractivity contribution in [3.63, 3.8) is 0 Å². The third-order valence-corrected chi connectivity index (χ3v) is 6.01. The number of carbonyl (C=O) groups is 1. The predicted molar refractivity (Wildman–Crippen MR) is 85.1 cm³/mol. The van der Waals surface area contributed by atoms with Gasteiger partial charge in [0, 0.05) is 19.0 Å². The summed E-state index contributed by atoms with van der Waals surface area (Å²) < 4.78 is 1.80. The molecule has 4 rings (SSSR count). The zero-order chi connectivity index (χ0) is 15.6. The van der Waals surface area contributed by atoms with Gasteiger partial charge in [-0.2, -0.15) is 0 Å². The minimum Gasteiger partial charge on any atom is -0.356 e. The summed E-state index contributed by atoms with van der Waals surface area (Å²) in [5.74, 6) is 3.24. The molecule has 1 N–H and O–H groups in total. The summed E-state index contributed by atoms with van der Waals surface area (Å²) >= 11 is 0. The average molecular weight is 315 g/mol. The van der Waals surface area contributed by atoms with E-state index in [1.807, 2.05) is 0 Å². The van der Waals surface area contributed by atoms with Crippen LogP contribution < -0.4 is 5.32 Å². The molecule has 3 aliphatic carbocycles. The Bertz CT molecular complexity index is 562. The van der Waals surface area contributed by atoms with Crippen molar-refractivity contribution in [2.24, 2.45) is 29.6 Å². The highest BCUT2D eigenvalue weighted by atomic mass is 16.1. The molecule has 124 valence electrons. The van der Waals surface area contributed by atoms with Crippen LogP contribution in [-0.2, 0) is 11.3 Å². The van der Waals surface area contributed by atoms with Crippen LogP contribution in [0.2, 0.25) is 0 Å². The van der Waals surface area contributed by atoms with Crippen LogP contribution in [0.1, 0.15) is 38.5 Å². The summed E-state index contributed by atoms with van der Waals surface area (Å²) in [6.45, 7) is 1.74. The first-order valence-electron chi connectivity index (χ1n) is 8.94. The lowest BCUT2D eigenvalue weighted by atomic mass is 9.81. The maximum atomic E-state index is 12.4. The largest absolute Gasteiger partial charge is 0.356 e. The minimum atomic E-state index is 0.203. The molecule has 0 aromatic carbocycles. The van der Waals surface area contributed by atoms with E-state index in [9.17, 15) is 4.79 Å². The molecule has 6 heteroatoms. The van der Waals surface area contributed by atoms with E-state index in [0.29, 0.717) is 17.8 Å². The molecule has 3 atom stereocenters. The molecule has 23 heavy (non-hydrogen) atoms. The van der Waals surface area contributed by atoms with Crippen molar-refractivity contribution in [1.82, 2.24) is 25.5 Å². The predicted octanol–water partition coefficient (Wildman–Crippen LogP) is 1.81. The van der Waals surface area contributed by atoms with E-state index in [4.69, 9.17) is 0 Å². The molecule has 2 fully saturated rings. The summed E-state index contributed by atoms with van der Waals surface area (Å²) in [7, 11) is 0. The molecular weight excluding hydrogens is 290 g/mol. The van der Waals surface area contributed by atoms with Crippen molar-refractivity contribution in [2.45, 2.75) is 45.1 Å². The second kappa shape index (κ2) is 6.42. The topological polar surface area (TPSA) is 72.7 Å². The van der Waals surface area contributed by atoms with Crippen molar-refractivity contribution in [3.8, 4) is 0 Å². The van der Waals surface area contributed by atoms with Crippen LogP contribution in [0.25, 0.3) is 0 Å². The Morgan fingerprint density at radius 1 is 1.17 bits per heavy atom. The summed E-state index contributed by atoms with van der Waals surface area (Å²) in [5, 5.41) is 14.5. The molecule has 2 bridgehead atoms. The Morgan fingerprint density at radius 2 is 2.04 bits per heavy atom. The van der Waals surface area contributed by atoms with Gasteiger partial charge in [-0.3, -0.25) is 4.79 Å². The molecule has 0 aliphatic heterocycles. The van der Waals surface area contributed by atoms with Gasteiger partial charge in [-0.15, -0.1) is 5.10 Å². The molecule has 3 aliphatic rings. The molecule has 1 aromatic heterocycles. The fraction of sp³-hybridized carbons (Fsp3) is 0.765. The monoisotopic (exact) mass is 315 g/mol. The first kappa shape index (κ1) is 14.8. The van der Waals surface area contributed by atoms with Crippen LogP contribution in [-0.4, -0.2) is 32.7 Å². The second-order valence-electron chi connectivity index (χ2n) is 7.53. The summed E-state index contributed by atoms with van der Waals surface area (Å²) in [5.41, 5.74) is 0. The van der Waals surface area contributed by atoms with E-state index in [2.05, 4.69) is 33.0 Å². The van der Waals surface area contributed by atoms with Gasteiger partial charge in [0.15, 0.2) is 0 Å². The molecule has 1 amide bonds. The molecule has 0 spiro atoms. The highest BCUT2D eigenvalue weighted by Gasteiger charge is 2.36. The number of allylic oxidation sites excluding steroid dienone is 2. The maximum Gasteiger partial charge on any atom is 0.223 e. The van der Waals surface area contributed by atoms with Gasteiger partial charge >= 0.3 is 0 Å². The summed E-state index contributed by atoms with van der Waals surface area (Å²) in [6.07, 6.45) is 13.1. The van der Waals surface area contributed by atoms with Gasteiger partial charge in [-0.25, -0.2) is 4.68 Å². The first-order valence-corrected chi connectivity index (χ1v) is 8.94. The molecular formula is C17H25N5O. The number of hydrogen-bond donors (Lipinski definition) is 1.